The molecule has 5 heteroatoms. The molecule has 0 spiro atoms. The van der Waals surface area contributed by atoms with E-state index in [1.807, 2.05) is 0 Å². The van der Waals surface area contributed by atoms with Gasteiger partial charge in [-0.05, 0) is 30.5 Å². The summed E-state index contributed by atoms with van der Waals surface area (Å²) in [5.41, 5.74) is 3.18. The summed E-state index contributed by atoms with van der Waals surface area (Å²) >= 11 is 0. The number of rotatable bonds is 6. The predicted octanol–water partition coefficient (Wildman–Crippen LogP) is 1.38. The zero-order chi connectivity index (χ0) is 12.0. The Hall–Kier alpha value is -1.04. The minimum atomic E-state index is -0.572. The number of hydrogen-bond acceptors (Lipinski definition) is 3. The summed E-state index contributed by atoms with van der Waals surface area (Å²) in [5, 5.41) is 0. The Morgan fingerprint density at radius 1 is 1.31 bits per heavy atom. The van der Waals surface area contributed by atoms with Crippen molar-refractivity contribution in [1.82, 2.24) is 5.43 Å². The molecule has 0 radical (unpaired) electrons. The Morgan fingerprint density at radius 2 is 1.94 bits per heavy atom. The Morgan fingerprint density at radius 3 is 2.44 bits per heavy atom. The van der Waals surface area contributed by atoms with Crippen molar-refractivity contribution in [3.05, 3.63) is 35.4 Å². The number of nitrogens with one attached hydrogen (secondary N) is 1. The van der Waals surface area contributed by atoms with Gasteiger partial charge < -0.3 is 4.74 Å². The molecular weight excluding hydrogens is 214 g/mol. The number of nitrogens with two attached hydrogens (primary N) is 1. The summed E-state index contributed by atoms with van der Waals surface area (Å²) in [6.07, 6.45) is 1.15. The van der Waals surface area contributed by atoms with Gasteiger partial charge in [0.25, 0.3) is 0 Å². The molecule has 0 aliphatic carbocycles. The molecule has 3 N–H and O–H groups in total. The van der Waals surface area contributed by atoms with Crippen LogP contribution in [0.3, 0.4) is 0 Å². The smallest absolute Gasteiger partial charge is 0.126 e. The number of benzene rings is 1. The number of hydrazine groups is 1. The van der Waals surface area contributed by atoms with E-state index < -0.39 is 11.6 Å². The van der Waals surface area contributed by atoms with Gasteiger partial charge in [0.2, 0.25) is 0 Å². The van der Waals surface area contributed by atoms with Crippen LogP contribution in [0.4, 0.5) is 8.78 Å². The average Bonchev–Trinajstić information content (AvgIpc) is 2.22. The van der Waals surface area contributed by atoms with Crippen LogP contribution in [0.15, 0.2) is 18.2 Å². The highest BCUT2D eigenvalue weighted by atomic mass is 19.1. The highest BCUT2D eigenvalue weighted by Gasteiger charge is 2.09. The standard InChI is InChI=1S/C11H16F2N2O/c1-16-3-2-11(15-14)6-8-4-9(12)7-10(13)5-8/h4-5,7,11,15H,2-3,6,14H2,1H3. The summed E-state index contributed by atoms with van der Waals surface area (Å²) in [4.78, 5) is 0. The van der Waals surface area contributed by atoms with Gasteiger partial charge in [-0.15, -0.1) is 0 Å². The lowest BCUT2D eigenvalue weighted by molar-refractivity contribution is 0.182. The summed E-state index contributed by atoms with van der Waals surface area (Å²) in [5.74, 6) is 4.20. The van der Waals surface area contributed by atoms with Crippen LogP contribution < -0.4 is 11.3 Å². The van der Waals surface area contributed by atoms with Crippen molar-refractivity contribution in [3.63, 3.8) is 0 Å². The molecule has 90 valence electrons. The molecule has 0 saturated heterocycles. The Labute approximate surface area is 93.6 Å². The molecule has 0 aliphatic rings. The fourth-order valence-corrected chi connectivity index (χ4v) is 1.52. The largest absolute Gasteiger partial charge is 0.385 e. The second-order valence-corrected chi connectivity index (χ2v) is 3.63. The molecule has 1 aromatic carbocycles. The van der Waals surface area contributed by atoms with Gasteiger partial charge in [-0.1, -0.05) is 0 Å². The highest BCUT2D eigenvalue weighted by molar-refractivity contribution is 5.18. The third kappa shape index (κ3) is 4.22. The molecule has 1 aromatic rings. The molecule has 0 saturated carbocycles. The SMILES string of the molecule is COCCC(Cc1cc(F)cc(F)c1)NN. The first-order valence-electron chi connectivity index (χ1n) is 5.05. The molecule has 0 aromatic heterocycles. The van der Waals surface area contributed by atoms with Gasteiger partial charge in [-0.25, -0.2) is 8.78 Å². The van der Waals surface area contributed by atoms with Gasteiger partial charge in [0.1, 0.15) is 11.6 Å². The zero-order valence-electron chi connectivity index (χ0n) is 9.17. The summed E-state index contributed by atoms with van der Waals surface area (Å²) in [6, 6.07) is 3.41. The Kier molecular flexibility index (Phi) is 5.31. The monoisotopic (exact) mass is 230 g/mol. The van der Waals surface area contributed by atoms with Crippen molar-refractivity contribution < 1.29 is 13.5 Å². The molecule has 1 unspecified atom stereocenters. The molecule has 3 nitrogen and oxygen atoms in total. The highest BCUT2D eigenvalue weighted by Crippen LogP contribution is 2.11. The average molecular weight is 230 g/mol. The van der Waals surface area contributed by atoms with E-state index in [1.54, 1.807) is 7.11 Å². The lowest BCUT2D eigenvalue weighted by Crippen LogP contribution is -2.37. The quantitative estimate of drug-likeness (QED) is 0.573. The maximum absolute atomic E-state index is 12.9. The molecule has 1 rings (SSSR count). The van der Waals surface area contributed by atoms with E-state index in [0.29, 0.717) is 25.0 Å². The van der Waals surface area contributed by atoms with E-state index in [2.05, 4.69) is 5.43 Å². The summed E-state index contributed by atoms with van der Waals surface area (Å²) in [6.45, 7) is 0.548. The van der Waals surface area contributed by atoms with Crippen molar-refractivity contribution in [1.29, 1.82) is 0 Å². The molecule has 0 heterocycles. The van der Waals surface area contributed by atoms with Crippen LogP contribution in [0.2, 0.25) is 0 Å². The topological polar surface area (TPSA) is 47.3 Å². The van der Waals surface area contributed by atoms with Gasteiger partial charge in [-0.3, -0.25) is 11.3 Å². The number of methoxy groups -OCH3 is 1. The van der Waals surface area contributed by atoms with E-state index in [-0.39, 0.29) is 6.04 Å². The van der Waals surface area contributed by atoms with Crippen LogP contribution in [0, 0.1) is 11.6 Å². The molecule has 0 aliphatic heterocycles. The van der Waals surface area contributed by atoms with Crippen molar-refractivity contribution in [2.24, 2.45) is 5.84 Å². The van der Waals surface area contributed by atoms with Crippen LogP contribution in [-0.4, -0.2) is 19.8 Å². The molecule has 16 heavy (non-hydrogen) atoms. The lowest BCUT2D eigenvalue weighted by atomic mass is 10.0. The minimum absolute atomic E-state index is 0.0545. The molecule has 1 atom stereocenters. The summed E-state index contributed by atoms with van der Waals surface area (Å²) < 4.78 is 30.8. The molecule has 0 fully saturated rings. The van der Waals surface area contributed by atoms with Gasteiger partial charge >= 0.3 is 0 Å². The van der Waals surface area contributed by atoms with E-state index in [9.17, 15) is 8.78 Å². The van der Waals surface area contributed by atoms with E-state index in [1.165, 1.54) is 12.1 Å². The second kappa shape index (κ2) is 6.52. The Bertz CT molecular complexity index is 314. The van der Waals surface area contributed by atoms with Gasteiger partial charge in [0, 0.05) is 25.8 Å². The van der Waals surface area contributed by atoms with Crippen molar-refractivity contribution in [2.75, 3.05) is 13.7 Å². The first-order valence-corrected chi connectivity index (χ1v) is 5.05. The fraction of sp³-hybridized carbons (Fsp3) is 0.455. The Balaban J connectivity index is 2.62. The molecule has 0 amide bonds. The predicted molar refractivity (Wildman–Crippen MR) is 57.7 cm³/mol. The fourth-order valence-electron chi connectivity index (χ4n) is 1.52. The van der Waals surface area contributed by atoms with Crippen molar-refractivity contribution in [3.8, 4) is 0 Å². The first kappa shape index (κ1) is 13.0. The minimum Gasteiger partial charge on any atom is -0.385 e. The van der Waals surface area contributed by atoms with Crippen LogP contribution in [0.5, 0.6) is 0 Å². The van der Waals surface area contributed by atoms with Crippen molar-refractivity contribution >= 4 is 0 Å². The van der Waals surface area contributed by atoms with Gasteiger partial charge in [-0.2, -0.15) is 0 Å². The van der Waals surface area contributed by atoms with Gasteiger partial charge in [0.15, 0.2) is 0 Å². The van der Waals surface area contributed by atoms with Crippen LogP contribution in [0.1, 0.15) is 12.0 Å². The van der Waals surface area contributed by atoms with Crippen molar-refractivity contribution in [2.45, 2.75) is 18.9 Å². The normalized spacial score (nSPS) is 12.8. The number of hydrogen-bond donors (Lipinski definition) is 2. The zero-order valence-corrected chi connectivity index (χ0v) is 9.17. The van der Waals surface area contributed by atoms with Crippen LogP contribution in [0.25, 0.3) is 0 Å². The maximum Gasteiger partial charge on any atom is 0.126 e. The molecule has 0 bridgehead atoms. The first-order chi connectivity index (χ1) is 7.65. The second-order valence-electron chi connectivity index (χ2n) is 3.63. The third-order valence-electron chi connectivity index (χ3n) is 2.31. The molecular formula is C11H16F2N2O. The van der Waals surface area contributed by atoms with Crippen LogP contribution in [-0.2, 0) is 11.2 Å². The van der Waals surface area contributed by atoms with Crippen LogP contribution >= 0.6 is 0 Å². The van der Waals surface area contributed by atoms with Gasteiger partial charge in [0.05, 0.1) is 0 Å². The number of halogens is 2. The van der Waals surface area contributed by atoms with E-state index in [0.717, 1.165) is 6.07 Å². The summed E-state index contributed by atoms with van der Waals surface area (Å²) in [7, 11) is 1.59. The van der Waals surface area contributed by atoms with E-state index in [4.69, 9.17) is 10.6 Å². The third-order valence-corrected chi connectivity index (χ3v) is 2.31. The lowest BCUT2D eigenvalue weighted by Gasteiger charge is -2.15. The van der Waals surface area contributed by atoms with E-state index >= 15 is 0 Å². The maximum atomic E-state index is 12.9. The number of ether oxygens (including phenoxy) is 1.